The predicted octanol–water partition coefficient (Wildman–Crippen LogP) is 6.04. The van der Waals surface area contributed by atoms with E-state index in [0.717, 1.165) is 10.2 Å². The Morgan fingerprint density at radius 2 is 1.92 bits per heavy atom. The quantitative estimate of drug-likeness (QED) is 0.417. The molecule has 0 bridgehead atoms. The van der Waals surface area contributed by atoms with Crippen LogP contribution in [-0.4, -0.2) is 10.9 Å². The van der Waals surface area contributed by atoms with Gasteiger partial charge < -0.3 is 4.42 Å². The first-order valence-corrected chi connectivity index (χ1v) is 9.33. The summed E-state index contributed by atoms with van der Waals surface area (Å²) in [6.07, 6.45) is 1.58. The van der Waals surface area contributed by atoms with Gasteiger partial charge in [0.1, 0.15) is 5.76 Å². The van der Waals surface area contributed by atoms with Crippen LogP contribution < -0.4 is 4.90 Å². The molecule has 2 aromatic carbocycles. The van der Waals surface area contributed by atoms with E-state index < -0.39 is 0 Å². The van der Waals surface area contributed by atoms with Crippen LogP contribution in [0.2, 0.25) is 10.0 Å². The van der Waals surface area contributed by atoms with Gasteiger partial charge in [0, 0.05) is 15.6 Å². The van der Waals surface area contributed by atoms with E-state index >= 15 is 0 Å². The van der Waals surface area contributed by atoms with Gasteiger partial charge in [-0.25, -0.2) is 4.98 Å². The molecule has 0 aliphatic rings. The highest BCUT2D eigenvalue weighted by Gasteiger charge is 2.23. The number of fused-ring (bicyclic) bond motifs is 1. The molecule has 0 saturated heterocycles. The van der Waals surface area contributed by atoms with Crippen molar-refractivity contribution in [3.8, 4) is 0 Å². The molecular weight excluding hydrogens is 391 g/mol. The SMILES string of the molecule is O=C(c1cccc(Cl)c1)N(Cc1ccco1)c1nc2ccc(Cl)cc2s1. The van der Waals surface area contributed by atoms with Crippen molar-refractivity contribution in [1.29, 1.82) is 0 Å². The third kappa shape index (κ3) is 3.46. The summed E-state index contributed by atoms with van der Waals surface area (Å²) in [6, 6.07) is 15.9. The van der Waals surface area contributed by atoms with E-state index in [0.29, 0.717) is 26.5 Å². The molecule has 130 valence electrons. The monoisotopic (exact) mass is 402 g/mol. The van der Waals surface area contributed by atoms with Gasteiger partial charge in [0.05, 0.1) is 23.0 Å². The fourth-order valence-corrected chi connectivity index (χ4v) is 3.99. The Kier molecular flexibility index (Phi) is 4.68. The summed E-state index contributed by atoms with van der Waals surface area (Å²) >= 11 is 13.5. The summed E-state index contributed by atoms with van der Waals surface area (Å²) in [4.78, 5) is 19.3. The van der Waals surface area contributed by atoms with Crippen molar-refractivity contribution in [3.05, 3.63) is 82.2 Å². The number of hydrogen-bond acceptors (Lipinski definition) is 4. The zero-order chi connectivity index (χ0) is 18.1. The molecule has 0 N–H and O–H groups in total. The fraction of sp³-hybridized carbons (Fsp3) is 0.0526. The van der Waals surface area contributed by atoms with Crippen molar-refractivity contribution in [1.82, 2.24) is 4.98 Å². The second kappa shape index (κ2) is 7.11. The number of furan rings is 1. The van der Waals surface area contributed by atoms with Crippen LogP contribution in [0, 0.1) is 0 Å². The van der Waals surface area contributed by atoms with E-state index in [-0.39, 0.29) is 12.5 Å². The molecule has 4 aromatic rings. The molecule has 0 fully saturated rings. The maximum absolute atomic E-state index is 13.1. The molecular formula is C19H12Cl2N2O2S. The lowest BCUT2D eigenvalue weighted by Crippen LogP contribution is -2.30. The van der Waals surface area contributed by atoms with Crippen molar-refractivity contribution < 1.29 is 9.21 Å². The van der Waals surface area contributed by atoms with Crippen molar-refractivity contribution in [2.24, 2.45) is 0 Å². The minimum Gasteiger partial charge on any atom is -0.467 e. The highest BCUT2D eigenvalue weighted by Crippen LogP contribution is 2.32. The highest BCUT2D eigenvalue weighted by atomic mass is 35.5. The number of carbonyl (C=O) groups excluding carboxylic acids is 1. The standard InChI is InChI=1S/C19H12Cl2N2O2S/c20-13-4-1-3-12(9-13)18(24)23(11-15-5-2-8-25-15)19-22-16-7-6-14(21)10-17(16)26-19/h1-10H,11H2. The molecule has 0 aliphatic heterocycles. The largest absolute Gasteiger partial charge is 0.467 e. The van der Waals surface area contributed by atoms with Crippen molar-refractivity contribution in [2.45, 2.75) is 6.54 Å². The molecule has 0 saturated carbocycles. The lowest BCUT2D eigenvalue weighted by atomic mass is 10.2. The summed E-state index contributed by atoms with van der Waals surface area (Å²) in [6.45, 7) is 0.270. The lowest BCUT2D eigenvalue weighted by Gasteiger charge is -2.18. The Bertz CT molecular complexity index is 1080. The Labute approximate surface area is 163 Å². The average Bonchev–Trinajstić information content (AvgIpc) is 3.28. The van der Waals surface area contributed by atoms with Crippen LogP contribution in [0.15, 0.2) is 65.3 Å². The third-order valence-corrected chi connectivity index (χ3v) is 5.29. The second-order valence-corrected chi connectivity index (χ2v) is 7.47. The summed E-state index contributed by atoms with van der Waals surface area (Å²) < 4.78 is 6.34. The van der Waals surface area contributed by atoms with Gasteiger partial charge in [-0.2, -0.15) is 0 Å². The molecule has 2 heterocycles. The van der Waals surface area contributed by atoms with Crippen LogP contribution in [0.1, 0.15) is 16.1 Å². The van der Waals surface area contributed by atoms with Crippen LogP contribution in [-0.2, 0) is 6.54 Å². The number of aromatic nitrogens is 1. The van der Waals surface area contributed by atoms with Crippen LogP contribution in [0.25, 0.3) is 10.2 Å². The minimum atomic E-state index is -0.200. The number of thiazole rings is 1. The van der Waals surface area contributed by atoms with Gasteiger partial charge in [0.15, 0.2) is 5.13 Å². The van der Waals surface area contributed by atoms with Crippen molar-refractivity contribution in [2.75, 3.05) is 4.90 Å². The van der Waals surface area contributed by atoms with E-state index in [1.807, 2.05) is 18.2 Å². The molecule has 4 nitrogen and oxygen atoms in total. The maximum Gasteiger partial charge on any atom is 0.260 e. The lowest BCUT2D eigenvalue weighted by molar-refractivity contribution is 0.0983. The number of amides is 1. The highest BCUT2D eigenvalue weighted by molar-refractivity contribution is 7.22. The van der Waals surface area contributed by atoms with Gasteiger partial charge in [-0.3, -0.25) is 9.69 Å². The van der Waals surface area contributed by atoms with Crippen LogP contribution in [0.3, 0.4) is 0 Å². The molecule has 26 heavy (non-hydrogen) atoms. The fourth-order valence-electron chi connectivity index (χ4n) is 2.56. The van der Waals surface area contributed by atoms with Crippen LogP contribution in [0.5, 0.6) is 0 Å². The predicted molar refractivity (Wildman–Crippen MR) is 105 cm³/mol. The Morgan fingerprint density at radius 1 is 1.08 bits per heavy atom. The number of halogens is 2. The summed E-state index contributed by atoms with van der Waals surface area (Å²) in [5, 5.41) is 1.71. The van der Waals surface area contributed by atoms with Gasteiger partial charge in [0.2, 0.25) is 0 Å². The zero-order valence-corrected chi connectivity index (χ0v) is 15.7. The number of nitrogens with zero attached hydrogens (tertiary/aromatic N) is 2. The number of benzene rings is 2. The van der Waals surface area contributed by atoms with Crippen molar-refractivity contribution in [3.63, 3.8) is 0 Å². The number of carbonyl (C=O) groups is 1. The van der Waals surface area contributed by atoms with Crippen LogP contribution >= 0.6 is 34.5 Å². The van der Waals surface area contributed by atoms with E-state index in [2.05, 4.69) is 4.98 Å². The minimum absolute atomic E-state index is 0.200. The van der Waals surface area contributed by atoms with E-state index in [1.165, 1.54) is 11.3 Å². The molecule has 0 radical (unpaired) electrons. The molecule has 4 rings (SSSR count). The maximum atomic E-state index is 13.1. The molecule has 0 unspecified atom stereocenters. The molecule has 1 amide bonds. The van der Waals surface area contributed by atoms with Gasteiger partial charge in [-0.1, -0.05) is 40.6 Å². The average molecular weight is 403 g/mol. The summed E-state index contributed by atoms with van der Waals surface area (Å²) in [5.74, 6) is 0.465. The third-order valence-electron chi connectivity index (χ3n) is 3.78. The topological polar surface area (TPSA) is 46.3 Å². The van der Waals surface area contributed by atoms with Gasteiger partial charge in [-0.05, 0) is 48.5 Å². The Balaban J connectivity index is 1.77. The first-order chi connectivity index (χ1) is 12.6. The van der Waals surface area contributed by atoms with Gasteiger partial charge in [-0.15, -0.1) is 0 Å². The van der Waals surface area contributed by atoms with E-state index in [1.54, 1.807) is 47.6 Å². The summed E-state index contributed by atoms with van der Waals surface area (Å²) in [5.41, 5.74) is 1.28. The van der Waals surface area contributed by atoms with E-state index in [9.17, 15) is 4.79 Å². The number of rotatable bonds is 4. The Hall–Kier alpha value is -2.34. The molecule has 0 spiro atoms. The summed E-state index contributed by atoms with van der Waals surface area (Å²) in [7, 11) is 0. The first-order valence-electron chi connectivity index (χ1n) is 7.76. The van der Waals surface area contributed by atoms with Crippen LogP contribution in [0.4, 0.5) is 5.13 Å². The van der Waals surface area contributed by atoms with Gasteiger partial charge >= 0.3 is 0 Å². The molecule has 7 heteroatoms. The Morgan fingerprint density at radius 3 is 2.69 bits per heavy atom. The van der Waals surface area contributed by atoms with Gasteiger partial charge in [0.25, 0.3) is 5.91 Å². The van der Waals surface area contributed by atoms with Crippen molar-refractivity contribution >= 4 is 55.8 Å². The second-order valence-electron chi connectivity index (χ2n) is 5.59. The number of anilines is 1. The zero-order valence-electron chi connectivity index (χ0n) is 13.4. The molecule has 0 aliphatic carbocycles. The first kappa shape index (κ1) is 17.1. The number of hydrogen-bond donors (Lipinski definition) is 0. The van der Waals surface area contributed by atoms with E-state index in [4.69, 9.17) is 27.6 Å². The smallest absolute Gasteiger partial charge is 0.260 e. The normalized spacial score (nSPS) is 11.0. The molecule has 0 atom stereocenters. The molecule has 2 aromatic heterocycles.